The summed E-state index contributed by atoms with van der Waals surface area (Å²) in [6, 6.07) is 9.44. The summed E-state index contributed by atoms with van der Waals surface area (Å²) in [5.74, 6) is 0. The molecule has 1 aliphatic heterocycles. The van der Waals surface area contributed by atoms with Gasteiger partial charge in [0.25, 0.3) is 0 Å². The molecular formula is C20H30N2O5. The lowest BCUT2D eigenvalue weighted by atomic mass is 9.85. The van der Waals surface area contributed by atoms with Gasteiger partial charge < -0.3 is 24.8 Å². The van der Waals surface area contributed by atoms with Crippen molar-refractivity contribution in [2.24, 2.45) is 0 Å². The predicted molar refractivity (Wildman–Crippen MR) is 101 cm³/mol. The van der Waals surface area contributed by atoms with Crippen LogP contribution in [0.15, 0.2) is 30.3 Å². The third-order valence-electron chi connectivity index (χ3n) is 4.54. The molecule has 27 heavy (non-hydrogen) atoms. The van der Waals surface area contributed by atoms with Crippen LogP contribution in [0.2, 0.25) is 0 Å². The molecule has 1 saturated heterocycles. The molecule has 150 valence electrons. The van der Waals surface area contributed by atoms with Crippen LogP contribution < -0.4 is 5.32 Å². The fraction of sp³-hybridized carbons (Fsp3) is 0.600. The zero-order valence-corrected chi connectivity index (χ0v) is 16.4. The van der Waals surface area contributed by atoms with Gasteiger partial charge in [0.15, 0.2) is 0 Å². The van der Waals surface area contributed by atoms with Crippen LogP contribution in [-0.4, -0.2) is 53.0 Å². The fourth-order valence-corrected chi connectivity index (χ4v) is 3.07. The SMILES string of the molecule is CC(C)(C)OC(=O)N1CCC(CCO)(NC(=O)OCc2ccccc2)CC1. The van der Waals surface area contributed by atoms with E-state index in [1.807, 2.05) is 51.1 Å². The van der Waals surface area contributed by atoms with E-state index >= 15 is 0 Å². The zero-order valence-electron chi connectivity index (χ0n) is 16.4. The van der Waals surface area contributed by atoms with Crippen molar-refractivity contribution in [3.63, 3.8) is 0 Å². The highest BCUT2D eigenvalue weighted by Gasteiger charge is 2.38. The fourth-order valence-electron chi connectivity index (χ4n) is 3.07. The van der Waals surface area contributed by atoms with E-state index in [1.54, 1.807) is 4.90 Å². The summed E-state index contributed by atoms with van der Waals surface area (Å²) in [6.45, 7) is 6.53. The first-order valence-corrected chi connectivity index (χ1v) is 9.31. The number of alkyl carbamates (subject to hydrolysis) is 1. The van der Waals surface area contributed by atoms with Crippen molar-refractivity contribution >= 4 is 12.2 Å². The molecule has 0 saturated carbocycles. The van der Waals surface area contributed by atoms with Crippen LogP contribution >= 0.6 is 0 Å². The Morgan fingerprint density at radius 1 is 1.19 bits per heavy atom. The first-order valence-electron chi connectivity index (χ1n) is 9.31. The van der Waals surface area contributed by atoms with Crippen LogP contribution in [0.25, 0.3) is 0 Å². The second kappa shape index (κ2) is 9.08. The smallest absolute Gasteiger partial charge is 0.410 e. The molecule has 0 bridgehead atoms. The monoisotopic (exact) mass is 378 g/mol. The van der Waals surface area contributed by atoms with Crippen LogP contribution in [-0.2, 0) is 16.1 Å². The van der Waals surface area contributed by atoms with Gasteiger partial charge in [0.2, 0.25) is 0 Å². The molecule has 7 heteroatoms. The maximum absolute atomic E-state index is 12.2. The normalized spacial score (nSPS) is 16.5. The number of rotatable bonds is 5. The summed E-state index contributed by atoms with van der Waals surface area (Å²) in [5.41, 5.74) is -0.222. The number of carbonyl (C=O) groups excluding carboxylic acids is 2. The van der Waals surface area contributed by atoms with Gasteiger partial charge in [-0.1, -0.05) is 30.3 Å². The minimum Gasteiger partial charge on any atom is -0.445 e. The Morgan fingerprint density at radius 2 is 1.81 bits per heavy atom. The van der Waals surface area contributed by atoms with Crippen molar-refractivity contribution in [3.8, 4) is 0 Å². The summed E-state index contributed by atoms with van der Waals surface area (Å²) < 4.78 is 10.7. The summed E-state index contributed by atoms with van der Waals surface area (Å²) in [6.07, 6.45) is 0.612. The molecule has 0 atom stereocenters. The van der Waals surface area contributed by atoms with Gasteiger partial charge in [0, 0.05) is 25.2 Å². The predicted octanol–water partition coefficient (Wildman–Crippen LogP) is 3.06. The van der Waals surface area contributed by atoms with Gasteiger partial charge in [0.05, 0.1) is 0 Å². The summed E-state index contributed by atoms with van der Waals surface area (Å²) >= 11 is 0. The van der Waals surface area contributed by atoms with Crippen LogP contribution in [0.4, 0.5) is 9.59 Å². The molecule has 1 aromatic rings. The summed E-state index contributed by atoms with van der Waals surface area (Å²) in [7, 11) is 0. The largest absolute Gasteiger partial charge is 0.445 e. The summed E-state index contributed by atoms with van der Waals surface area (Å²) in [5, 5.41) is 12.3. The molecule has 1 fully saturated rings. The highest BCUT2D eigenvalue weighted by Crippen LogP contribution is 2.27. The highest BCUT2D eigenvalue weighted by molar-refractivity contribution is 5.69. The molecule has 1 aliphatic rings. The molecule has 0 unspecified atom stereocenters. The number of benzene rings is 1. The number of ether oxygens (including phenoxy) is 2. The minimum absolute atomic E-state index is 0.0502. The van der Waals surface area contributed by atoms with E-state index in [9.17, 15) is 14.7 Å². The number of aliphatic hydroxyl groups is 1. The Hall–Kier alpha value is -2.28. The Balaban J connectivity index is 1.88. The molecule has 7 nitrogen and oxygen atoms in total. The average molecular weight is 378 g/mol. The number of aliphatic hydroxyl groups excluding tert-OH is 1. The van der Waals surface area contributed by atoms with Crippen molar-refractivity contribution in [1.29, 1.82) is 0 Å². The van der Waals surface area contributed by atoms with Gasteiger partial charge >= 0.3 is 12.2 Å². The van der Waals surface area contributed by atoms with Crippen molar-refractivity contribution in [3.05, 3.63) is 35.9 Å². The number of carbonyl (C=O) groups is 2. The van der Waals surface area contributed by atoms with E-state index in [2.05, 4.69) is 5.32 Å². The van der Waals surface area contributed by atoms with E-state index in [-0.39, 0.29) is 19.3 Å². The average Bonchev–Trinajstić information content (AvgIpc) is 2.60. The summed E-state index contributed by atoms with van der Waals surface area (Å²) in [4.78, 5) is 26.1. The van der Waals surface area contributed by atoms with Crippen molar-refractivity contribution in [2.45, 2.75) is 57.8 Å². The molecule has 2 N–H and O–H groups in total. The lowest BCUT2D eigenvalue weighted by Gasteiger charge is -2.42. The Bertz CT molecular complexity index is 619. The molecule has 0 aliphatic carbocycles. The Morgan fingerprint density at radius 3 is 2.37 bits per heavy atom. The minimum atomic E-state index is -0.582. The number of amides is 2. The Labute approximate surface area is 160 Å². The first-order chi connectivity index (χ1) is 12.7. The molecular weight excluding hydrogens is 348 g/mol. The van der Waals surface area contributed by atoms with E-state index in [0.29, 0.717) is 32.4 Å². The molecule has 1 aromatic carbocycles. The van der Waals surface area contributed by atoms with E-state index in [4.69, 9.17) is 9.47 Å². The van der Waals surface area contributed by atoms with E-state index in [0.717, 1.165) is 5.56 Å². The van der Waals surface area contributed by atoms with Crippen LogP contribution in [0, 0.1) is 0 Å². The standard InChI is InChI=1S/C20H30N2O5/c1-19(2,3)27-18(25)22-12-9-20(10-13-22,11-14-23)21-17(24)26-15-16-7-5-4-6-8-16/h4-8,23H,9-15H2,1-3H3,(H,21,24). The van der Waals surface area contributed by atoms with Gasteiger partial charge in [-0.2, -0.15) is 0 Å². The lowest BCUT2D eigenvalue weighted by Crippen LogP contribution is -2.57. The van der Waals surface area contributed by atoms with Crippen molar-refractivity contribution < 1.29 is 24.2 Å². The van der Waals surface area contributed by atoms with Crippen LogP contribution in [0.1, 0.15) is 45.6 Å². The molecule has 2 amide bonds. The Kier molecular flexibility index (Phi) is 7.07. The first kappa shape index (κ1) is 21.0. The van der Waals surface area contributed by atoms with Crippen molar-refractivity contribution in [1.82, 2.24) is 10.2 Å². The molecule has 0 spiro atoms. The molecule has 0 aromatic heterocycles. The van der Waals surface area contributed by atoms with Gasteiger partial charge in [-0.25, -0.2) is 9.59 Å². The van der Waals surface area contributed by atoms with Crippen molar-refractivity contribution in [2.75, 3.05) is 19.7 Å². The van der Waals surface area contributed by atoms with Crippen LogP contribution in [0.3, 0.4) is 0 Å². The maximum Gasteiger partial charge on any atom is 0.410 e. The third kappa shape index (κ3) is 6.75. The number of nitrogens with one attached hydrogen (secondary N) is 1. The molecule has 1 heterocycles. The van der Waals surface area contributed by atoms with E-state index in [1.165, 1.54) is 0 Å². The topological polar surface area (TPSA) is 88.1 Å². The quantitative estimate of drug-likeness (QED) is 0.822. The van der Waals surface area contributed by atoms with E-state index < -0.39 is 17.2 Å². The highest BCUT2D eigenvalue weighted by atomic mass is 16.6. The maximum atomic E-state index is 12.2. The van der Waals surface area contributed by atoms with Crippen LogP contribution in [0.5, 0.6) is 0 Å². The lowest BCUT2D eigenvalue weighted by molar-refractivity contribution is 0.0128. The van der Waals surface area contributed by atoms with Gasteiger partial charge in [-0.15, -0.1) is 0 Å². The number of likely N-dealkylation sites (tertiary alicyclic amines) is 1. The number of hydrogen-bond acceptors (Lipinski definition) is 5. The van der Waals surface area contributed by atoms with Gasteiger partial charge in [-0.3, -0.25) is 0 Å². The second-order valence-corrected chi connectivity index (χ2v) is 7.91. The van der Waals surface area contributed by atoms with Gasteiger partial charge in [-0.05, 0) is 45.6 Å². The molecule has 2 rings (SSSR count). The number of nitrogens with zero attached hydrogens (tertiary/aromatic N) is 1. The number of piperidine rings is 1. The number of hydrogen-bond donors (Lipinski definition) is 2. The van der Waals surface area contributed by atoms with Gasteiger partial charge in [0.1, 0.15) is 12.2 Å². The molecule has 0 radical (unpaired) electrons. The second-order valence-electron chi connectivity index (χ2n) is 7.91. The third-order valence-corrected chi connectivity index (χ3v) is 4.54. The zero-order chi connectivity index (χ0) is 19.9.